The van der Waals surface area contributed by atoms with Gasteiger partial charge in [-0.2, -0.15) is 0 Å². The monoisotopic (exact) mass is 184 g/mol. The first-order chi connectivity index (χ1) is 6.01. The molecular weight excluding hydrogens is 172 g/mol. The summed E-state index contributed by atoms with van der Waals surface area (Å²) >= 11 is 0. The van der Waals surface area contributed by atoms with E-state index in [1.807, 2.05) is 0 Å². The molecule has 3 N–H and O–H groups in total. The van der Waals surface area contributed by atoms with E-state index in [0.29, 0.717) is 0 Å². The van der Waals surface area contributed by atoms with Crippen LogP contribution in [0.1, 0.15) is 13.3 Å². The van der Waals surface area contributed by atoms with Crippen molar-refractivity contribution in [2.24, 2.45) is 5.92 Å². The van der Waals surface area contributed by atoms with Gasteiger partial charge in [0.05, 0.1) is 0 Å². The Morgan fingerprint density at radius 1 is 1.69 bits per heavy atom. The van der Waals surface area contributed by atoms with Crippen molar-refractivity contribution in [2.75, 3.05) is 0 Å². The summed E-state index contributed by atoms with van der Waals surface area (Å²) in [6, 6.07) is 0. The van der Waals surface area contributed by atoms with Crippen LogP contribution < -0.4 is 0 Å². The molecule has 2 atom stereocenters. The number of aliphatic hydroxyl groups is 2. The zero-order valence-corrected chi connectivity index (χ0v) is 7.27. The summed E-state index contributed by atoms with van der Waals surface area (Å²) in [6.45, 7) is 1.67. The van der Waals surface area contributed by atoms with Crippen LogP contribution in [0.15, 0.2) is 24.0 Å². The normalized spacial score (nSPS) is 32.8. The van der Waals surface area contributed by atoms with Crippen LogP contribution in [-0.4, -0.2) is 26.9 Å². The van der Waals surface area contributed by atoms with E-state index in [-0.39, 0.29) is 12.2 Å². The third-order valence-electron chi connectivity index (χ3n) is 2.26. The topological polar surface area (TPSA) is 77.8 Å². The molecule has 0 radical (unpaired) electrons. The third-order valence-corrected chi connectivity index (χ3v) is 2.26. The van der Waals surface area contributed by atoms with Crippen molar-refractivity contribution in [1.82, 2.24) is 0 Å². The predicted molar refractivity (Wildman–Crippen MR) is 46.2 cm³/mol. The fraction of sp³-hybridized carbons (Fsp3) is 0.444. The largest absolute Gasteiger partial charge is 0.511 e. The summed E-state index contributed by atoms with van der Waals surface area (Å²) in [7, 11) is 0. The number of carbonyl (C=O) groups is 1. The van der Waals surface area contributed by atoms with E-state index in [1.54, 1.807) is 6.92 Å². The molecule has 2 unspecified atom stereocenters. The first kappa shape index (κ1) is 9.80. The molecule has 0 heterocycles. The van der Waals surface area contributed by atoms with E-state index in [4.69, 9.17) is 5.11 Å². The van der Waals surface area contributed by atoms with Gasteiger partial charge in [0.15, 0.2) is 0 Å². The molecule has 0 bridgehead atoms. The van der Waals surface area contributed by atoms with Gasteiger partial charge in [-0.3, -0.25) is 4.79 Å². The van der Waals surface area contributed by atoms with Crippen molar-refractivity contribution in [2.45, 2.75) is 18.9 Å². The van der Waals surface area contributed by atoms with Gasteiger partial charge >= 0.3 is 5.97 Å². The quantitative estimate of drug-likeness (QED) is 0.594. The minimum Gasteiger partial charge on any atom is -0.511 e. The molecule has 0 saturated carbocycles. The molecule has 4 nitrogen and oxygen atoms in total. The van der Waals surface area contributed by atoms with Crippen molar-refractivity contribution < 1.29 is 20.1 Å². The lowest BCUT2D eigenvalue weighted by Crippen LogP contribution is -2.42. The molecule has 1 aliphatic carbocycles. The first-order valence-corrected chi connectivity index (χ1v) is 4.05. The summed E-state index contributed by atoms with van der Waals surface area (Å²) in [5, 5.41) is 27.9. The van der Waals surface area contributed by atoms with E-state index in [9.17, 15) is 15.0 Å². The highest BCUT2D eigenvalue weighted by atomic mass is 16.4. The maximum absolute atomic E-state index is 10.7. The van der Waals surface area contributed by atoms with Crippen LogP contribution in [0.2, 0.25) is 0 Å². The molecule has 0 aliphatic heterocycles. The van der Waals surface area contributed by atoms with Gasteiger partial charge in [-0.1, -0.05) is 19.1 Å². The molecule has 0 aromatic heterocycles. The maximum atomic E-state index is 10.7. The van der Waals surface area contributed by atoms with Gasteiger partial charge in [-0.15, -0.1) is 0 Å². The molecule has 1 rings (SSSR count). The van der Waals surface area contributed by atoms with Crippen LogP contribution in [-0.2, 0) is 4.79 Å². The maximum Gasteiger partial charge on any atom is 0.317 e. The fourth-order valence-corrected chi connectivity index (χ4v) is 1.42. The highest BCUT2D eigenvalue weighted by Gasteiger charge is 2.42. The SMILES string of the molecule is CCC1(O)C=CC=C(O)C1C(=O)O. The van der Waals surface area contributed by atoms with Crippen molar-refractivity contribution in [3.8, 4) is 0 Å². The molecule has 4 heteroatoms. The molecule has 1 aliphatic rings. The Hall–Kier alpha value is -1.29. The van der Waals surface area contributed by atoms with E-state index in [1.165, 1.54) is 18.2 Å². The van der Waals surface area contributed by atoms with Crippen molar-refractivity contribution in [3.63, 3.8) is 0 Å². The highest BCUT2D eigenvalue weighted by Crippen LogP contribution is 2.31. The highest BCUT2D eigenvalue weighted by molar-refractivity contribution is 5.75. The average Bonchev–Trinajstić information content (AvgIpc) is 2.03. The second kappa shape index (κ2) is 3.22. The van der Waals surface area contributed by atoms with Crippen LogP contribution in [0.3, 0.4) is 0 Å². The van der Waals surface area contributed by atoms with E-state index >= 15 is 0 Å². The van der Waals surface area contributed by atoms with Gasteiger partial charge in [0.25, 0.3) is 0 Å². The first-order valence-electron chi connectivity index (χ1n) is 4.05. The van der Waals surface area contributed by atoms with E-state index < -0.39 is 17.5 Å². The Bertz CT molecular complexity index is 279. The molecule has 72 valence electrons. The van der Waals surface area contributed by atoms with Crippen LogP contribution >= 0.6 is 0 Å². The molecular formula is C9H12O4. The van der Waals surface area contributed by atoms with Crippen LogP contribution in [0.4, 0.5) is 0 Å². The minimum absolute atomic E-state index is 0.248. The number of allylic oxidation sites excluding steroid dienone is 2. The van der Waals surface area contributed by atoms with Crippen LogP contribution in [0.25, 0.3) is 0 Å². The zero-order valence-electron chi connectivity index (χ0n) is 7.27. The molecule has 0 aromatic carbocycles. The van der Waals surface area contributed by atoms with Crippen molar-refractivity contribution in [3.05, 3.63) is 24.0 Å². The molecule has 0 amide bonds. The Kier molecular flexibility index (Phi) is 2.43. The lowest BCUT2D eigenvalue weighted by molar-refractivity contribution is -0.148. The van der Waals surface area contributed by atoms with Crippen molar-refractivity contribution in [1.29, 1.82) is 0 Å². The van der Waals surface area contributed by atoms with Gasteiger partial charge in [0.2, 0.25) is 0 Å². The number of hydrogen-bond donors (Lipinski definition) is 3. The predicted octanol–water partition coefficient (Wildman–Crippen LogP) is 0.840. The van der Waals surface area contributed by atoms with Gasteiger partial charge < -0.3 is 15.3 Å². The van der Waals surface area contributed by atoms with Gasteiger partial charge in [-0.05, 0) is 12.5 Å². The Morgan fingerprint density at radius 3 is 2.69 bits per heavy atom. The number of carboxylic acid groups (broad SMARTS) is 1. The third kappa shape index (κ3) is 1.58. The Morgan fingerprint density at radius 2 is 2.31 bits per heavy atom. The number of aliphatic carboxylic acids is 1. The van der Waals surface area contributed by atoms with Gasteiger partial charge in [0, 0.05) is 0 Å². The lowest BCUT2D eigenvalue weighted by Gasteiger charge is -2.31. The minimum atomic E-state index is -1.47. The summed E-state index contributed by atoms with van der Waals surface area (Å²) in [4.78, 5) is 10.7. The average molecular weight is 184 g/mol. The molecule has 0 fully saturated rings. The van der Waals surface area contributed by atoms with E-state index in [0.717, 1.165) is 0 Å². The Labute approximate surface area is 75.8 Å². The van der Waals surface area contributed by atoms with Gasteiger partial charge in [-0.25, -0.2) is 0 Å². The fourth-order valence-electron chi connectivity index (χ4n) is 1.42. The molecule has 0 spiro atoms. The zero-order chi connectivity index (χ0) is 10.1. The van der Waals surface area contributed by atoms with Crippen LogP contribution in [0.5, 0.6) is 0 Å². The van der Waals surface area contributed by atoms with E-state index in [2.05, 4.69) is 0 Å². The summed E-state index contributed by atoms with van der Waals surface area (Å²) in [5.41, 5.74) is -1.47. The molecule has 0 aromatic rings. The summed E-state index contributed by atoms with van der Waals surface area (Å²) in [6.07, 6.45) is 4.38. The number of rotatable bonds is 2. The number of hydrogen-bond acceptors (Lipinski definition) is 3. The summed E-state index contributed by atoms with van der Waals surface area (Å²) < 4.78 is 0. The summed E-state index contributed by atoms with van der Waals surface area (Å²) in [5.74, 6) is -2.77. The smallest absolute Gasteiger partial charge is 0.317 e. The van der Waals surface area contributed by atoms with Gasteiger partial charge in [0.1, 0.15) is 17.3 Å². The second-order valence-electron chi connectivity index (χ2n) is 3.07. The van der Waals surface area contributed by atoms with Crippen LogP contribution in [0, 0.1) is 5.92 Å². The molecule has 0 saturated heterocycles. The number of aliphatic hydroxyl groups excluding tert-OH is 1. The Balaban J connectivity index is 3.06. The molecule has 13 heavy (non-hydrogen) atoms. The van der Waals surface area contributed by atoms with Crippen molar-refractivity contribution >= 4 is 5.97 Å². The lowest BCUT2D eigenvalue weighted by atomic mass is 9.80. The standard InChI is InChI=1S/C9H12O4/c1-2-9(13)5-3-4-6(10)7(9)8(11)12/h3-5,7,10,13H,2H2,1H3,(H,11,12). The number of carboxylic acids is 1. The second-order valence-corrected chi connectivity index (χ2v) is 3.07.